The number of benzene rings is 3. The van der Waals surface area contributed by atoms with Crippen LogP contribution < -0.4 is 9.64 Å². The molecule has 0 radical (unpaired) electrons. The van der Waals surface area contributed by atoms with Crippen molar-refractivity contribution in [3.63, 3.8) is 0 Å². The van der Waals surface area contributed by atoms with E-state index >= 15 is 4.79 Å². The highest BCUT2D eigenvalue weighted by atomic mass is 16.6. The third-order valence-corrected chi connectivity index (χ3v) is 12.1. The summed E-state index contributed by atoms with van der Waals surface area (Å²) in [7, 11) is 3.74. The predicted octanol–water partition coefficient (Wildman–Crippen LogP) is 6.61. The first-order valence-electron chi connectivity index (χ1n) is 19.9. The van der Waals surface area contributed by atoms with Crippen molar-refractivity contribution in [2.24, 2.45) is 7.05 Å². The van der Waals surface area contributed by atoms with Crippen LogP contribution >= 0.6 is 0 Å². The average molecular weight is 778 g/mol. The number of rotatable bonds is 7. The van der Waals surface area contributed by atoms with E-state index in [0.717, 1.165) is 76.4 Å². The van der Waals surface area contributed by atoms with Gasteiger partial charge >= 0.3 is 6.09 Å². The molecule has 1 fully saturated rings. The molecular formula is C46H47N7O5. The van der Waals surface area contributed by atoms with E-state index in [-0.39, 0.29) is 24.4 Å². The normalized spacial score (nSPS) is 16.8. The van der Waals surface area contributed by atoms with Crippen molar-refractivity contribution in [3.8, 4) is 17.0 Å². The van der Waals surface area contributed by atoms with Crippen LogP contribution in [0.3, 0.4) is 0 Å². The first kappa shape index (κ1) is 37.3. The van der Waals surface area contributed by atoms with Gasteiger partial charge in [-0.2, -0.15) is 0 Å². The van der Waals surface area contributed by atoms with Crippen molar-refractivity contribution in [1.29, 1.82) is 0 Å². The van der Waals surface area contributed by atoms with Crippen molar-refractivity contribution >= 4 is 34.6 Å². The summed E-state index contributed by atoms with van der Waals surface area (Å²) >= 11 is 0. The van der Waals surface area contributed by atoms with Gasteiger partial charge in [0.2, 0.25) is 0 Å². The lowest BCUT2D eigenvalue weighted by Crippen LogP contribution is -2.52. The fraction of sp³-hybridized carbons (Fsp3) is 0.304. The number of aromatic nitrogens is 3. The maximum absolute atomic E-state index is 15.4. The molecule has 296 valence electrons. The lowest BCUT2D eigenvalue weighted by Gasteiger charge is -2.41. The quantitative estimate of drug-likeness (QED) is 0.194. The molecule has 3 aromatic carbocycles. The molecule has 3 aliphatic rings. The van der Waals surface area contributed by atoms with Gasteiger partial charge in [-0.15, -0.1) is 0 Å². The van der Waals surface area contributed by atoms with E-state index < -0.39 is 6.09 Å². The third-order valence-electron chi connectivity index (χ3n) is 12.1. The molecule has 12 heteroatoms. The van der Waals surface area contributed by atoms with Gasteiger partial charge in [-0.05, 0) is 84.5 Å². The number of H-pyrrole nitrogens is 1. The van der Waals surface area contributed by atoms with Crippen molar-refractivity contribution < 1.29 is 23.9 Å². The standard InChI is InChI=1S/C46H47N7O5/c1-30-39(44(54)50(3)36-11-5-4-6-12-36)25-42(49(30)2)40-23-32-14-16-52(46(56)58-38-22-33-13-15-47-43(33)48-26-38)27-35(32)24-41(40)45(55)53-28-34-10-8-7-9-31(34)21-37(53)29-51-17-19-57-20-18-51/h4-13,15,22-26,37H,14,16-21,27-29H2,1-3H3,(H,47,48)/t37-/m0/s1. The summed E-state index contributed by atoms with van der Waals surface area (Å²) in [5.74, 6) is 0.159. The predicted molar refractivity (Wildman–Crippen MR) is 222 cm³/mol. The van der Waals surface area contributed by atoms with Gasteiger partial charge in [-0.1, -0.05) is 42.5 Å². The van der Waals surface area contributed by atoms with Crippen molar-refractivity contribution in [2.75, 3.05) is 51.3 Å². The number of fused-ring (bicyclic) bond motifs is 3. The second-order valence-electron chi connectivity index (χ2n) is 15.6. The number of nitrogens with one attached hydrogen (secondary N) is 1. The fourth-order valence-corrected chi connectivity index (χ4v) is 8.64. The number of carbonyl (C=O) groups excluding carboxylic acids is 3. The van der Waals surface area contributed by atoms with E-state index in [4.69, 9.17) is 9.47 Å². The number of ether oxygens (including phenoxy) is 2. The van der Waals surface area contributed by atoms with Gasteiger partial charge < -0.3 is 33.7 Å². The molecule has 0 saturated carbocycles. The number of aromatic amines is 1. The summed E-state index contributed by atoms with van der Waals surface area (Å²) in [4.78, 5) is 58.3. The number of carbonyl (C=O) groups is 3. The largest absolute Gasteiger partial charge is 0.415 e. The molecule has 0 bridgehead atoms. The first-order chi connectivity index (χ1) is 28.2. The monoisotopic (exact) mass is 777 g/mol. The summed E-state index contributed by atoms with van der Waals surface area (Å²) < 4.78 is 13.5. The lowest BCUT2D eigenvalue weighted by atomic mass is 9.89. The van der Waals surface area contributed by atoms with Crippen LogP contribution in [0, 0.1) is 6.92 Å². The molecule has 58 heavy (non-hydrogen) atoms. The van der Waals surface area contributed by atoms with E-state index in [2.05, 4.69) is 39.1 Å². The zero-order valence-electron chi connectivity index (χ0n) is 33.1. The molecule has 0 unspecified atom stereocenters. The number of hydrogen-bond donors (Lipinski definition) is 1. The van der Waals surface area contributed by atoms with Gasteiger partial charge in [0, 0.05) is 99.2 Å². The Labute approximate surface area is 337 Å². The number of morpholine rings is 1. The molecule has 3 amide bonds. The molecule has 1 N–H and O–H groups in total. The number of para-hydroxylation sites is 1. The molecule has 1 saturated heterocycles. The van der Waals surface area contributed by atoms with E-state index in [9.17, 15) is 9.59 Å². The smallest absolute Gasteiger partial charge is 0.409 e. The minimum atomic E-state index is -0.471. The van der Waals surface area contributed by atoms with Crippen molar-refractivity contribution in [1.82, 2.24) is 29.2 Å². The molecule has 0 aliphatic carbocycles. The molecule has 9 rings (SSSR count). The zero-order chi connectivity index (χ0) is 39.9. The van der Waals surface area contributed by atoms with Gasteiger partial charge in [-0.3, -0.25) is 14.5 Å². The molecule has 3 aromatic heterocycles. The number of pyridine rings is 1. The van der Waals surface area contributed by atoms with Crippen LogP contribution in [-0.4, -0.2) is 99.6 Å². The number of hydrogen-bond acceptors (Lipinski definition) is 7. The van der Waals surface area contributed by atoms with Crippen LogP contribution in [0.5, 0.6) is 5.75 Å². The Kier molecular flexibility index (Phi) is 10.0. The summed E-state index contributed by atoms with van der Waals surface area (Å²) in [6.07, 6.45) is 4.19. The summed E-state index contributed by atoms with van der Waals surface area (Å²) in [5, 5.41) is 0.852. The number of nitrogens with zero attached hydrogens (tertiary/aromatic N) is 6. The van der Waals surface area contributed by atoms with Gasteiger partial charge in [0.15, 0.2) is 5.75 Å². The SMILES string of the molecule is Cc1c(C(=O)N(C)c2ccccc2)cc(-c2cc3c(cc2C(=O)N2Cc4ccccc4C[C@H]2CN2CCOCC2)CN(C(=O)Oc2cnc4[nH]ccc4c2)CC3)n1C. The van der Waals surface area contributed by atoms with E-state index in [1.54, 1.807) is 35.3 Å². The molecule has 3 aliphatic heterocycles. The molecule has 12 nitrogen and oxygen atoms in total. The topological polar surface area (TPSA) is 116 Å². The third kappa shape index (κ3) is 7.14. The fourth-order valence-electron chi connectivity index (χ4n) is 8.64. The molecule has 1 atom stereocenters. The Bertz CT molecular complexity index is 2520. The second-order valence-corrected chi connectivity index (χ2v) is 15.6. The van der Waals surface area contributed by atoms with E-state index in [1.165, 1.54) is 5.56 Å². The maximum Gasteiger partial charge on any atom is 0.415 e. The van der Waals surface area contributed by atoms with Crippen LogP contribution in [0.15, 0.2) is 97.3 Å². The molecule has 6 aromatic rings. The second kappa shape index (κ2) is 15.6. The molecular weight excluding hydrogens is 731 g/mol. The molecule has 6 heterocycles. The Morgan fingerprint density at radius 1 is 0.879 bits per heavy atom. The summed E-state index contributed by atoms with van der Waals surface area (Å²) in [5.41, 5.74) is 9.32. The van der Waals surface area contributed by atoms with Crippen molar-refractivity contribution in [2.45, 2.75) is 38.9 Å². The van der Waals surface area contributed by atoms with Crippen LogP contribution in [0.25, 0.3) is 22.3 Å². The average Bonchev–Trinajstić information content (AvgIpc) is 3.85. The Morgan fingerprint density at radius 3 is 2.47 bits per heavy atom. The van der Waals surface area contributed by atoms with E-state index in [0.29, 0.717) is 49.6 Å². The van der Waals surface area contributed by atoms with Crippen LogP contribution in [0.4, 0.5) is 10.5 Å². The van der Waals surface area contributed by atoms with Crippen LogP contribution in [-0.2, 0) is 37.7 Å². The van der Waals surface area contributed by atoms with Crippen LogP contribution in [0.1, 0.15) is 48.7 Å². The minimum Gasteiger partial charge on any atom is -0.409 e. The highest BCUT2D eigenvalue weighted by Gasteiger charge is 2.35. The van der Waals surface area contributed by atoms with Gasteiger partial charge in [-0.25, -0.2) is 9.78 Å². The maximum atomic E-state index is 15.4. The van der Waals surface area contributed by atoms with Gasteiger partial charge in [0.1, 0.15) is 5.65 Å². The Hall–Kier alpha value is -6.24. The first-order valence-corrected chi connectivity index (χ1v) is 19.9. The minimum absolute atomic E-state index is 0.0614. The lowest BCUT2D eigenvalue weighted by molar-refractivity contribution is 0.0193. The Balaban J connectivity index is 1.09. The highest BCUT2D eigenvalue weighted by Crippen LogP contribution is 2.36. The Morgan fingerprint density at radius 2 is 1.66 bits per heavy atom. The summed E-state index contributed by atoms with van der Waals surface area (Å²) in [6.45, 7) is 6.89. The van der Waals surface area contributed by atoms with Gasteiger partial charge in [0.05, 0.1) is 25.0 Å². The van der Waals surface area contributed by atoms with Crippen molar-refractivity contribution in [3.05, 3.63) is 136 Å². The summed E-state index contributed by atoms with van der Waals surface area (Å²) in [6, 6.07) is 27.6. The molecule has 0 spiro atoms. The number of anilines is 1. The van der Waals surface area contributed by atoms with E-state index in [1.807, 2.05) is 78.0 Å². The highest BCUT2D eigenvalue weighted by molar-refractivity contribution is 6.08. The zero-order valence-corrected chi connectivity index (χ0v) is 33.1. The van der Waals surface area contributed by atoms with Crippen LogP contribution in [0.2, 0.25) is 0 Å². The number of amides is 3. The van der Waals surface area contributed by atoms with Gasteiger partial charge in [0.25, 0.3) is 11.8 Å².